The van der Waals surface area contributed by atoms with Crippen LogP contribution in [-0.4, -0.2) is 6.08 Å². The van der Waals surface area contributed by atoms with Crippen molar-refractivity contribution in [3.63, 3.8) is 0 Å². The van der Waals surface area contributed by atoms with Crippen LogP contribution in [0.1, 0.15) is 30.9 Å². The van der Waals surface area contributed by atoms with Gasteiger partial charge >= 0.3 is 0 Å². The van der Waals surface area contributed by atoms with E-state index in [0.29, 0.717) is 12.2 Å². The van der Waals surface area contributed by atoms with Crippen molar-refractivity contribution in [2.45, 2.75) is 32.7 Å². The van der Waals surface area contributed by atoms with Crippen molar-refractivity contribution in [2.24, 2.45) is 10.7 Å². The number of benzene rings is 1. The number of hydrogen-bond donors (Lipinski definition) is 1. The first kappa shape index (κ1) is 11.6. The summed E-state index contributed by atoms with van der Waals surface area (Å²) in [5.74, 6) is 0. The van der Waals surface area contributed by atoms with Crippen LogP contribution in [0, 0.1) is 0 Å². The predicted octanol–water partition coefficient (Wildman–Crippen LogP) is 2.46. The summed E-state index contributed by atoms with van der Waals surface area (Å²) < 4.78 is 0. The van der Waals surface area contributed by atoms with Gasteiger partial charge in [-0.3, -0.25) is 0 Å². The topological polar surface area (TPSA) is 55.5 Å². The Morgan fingerprint density at radius 2 is 2.27 bits per heavy atom. The lowest BCUT2D eigenvalue weighted by atomic mass is 10.0. The van der Waals surface area contributed by atoms with Gasteiger partial charge in [-0.25, -0.2) is 4.79 Å². The third-order valence-electron chi connectivity index (χ3n) is 2.35. The maximum absolute atomic E-state index is 10.2. The quantitative estimate of drug-likeness (QED) is 0.591. The van der Waals surface area contributed by atoms with Crippen LogP contribution in [0.5, 0.6) is 0 Å². The molecule has 0 bridgehead atoms. The molecule has 80 valence electrons. The molecule has 0 aliphatic carbocycles. The van der Waals surface area contributed by atoms with E-state index < -0.39 is 0 Å². The minimum absolute atomic E-state index is 0.403. The van der Waals surface area contributed by atoms with E-state index in [1.54, 1.807) is 6.08 Å². The van der Waals surface area contributed by atoms with Crippen molar-refractivity contribution in [3.8, 4) is 0 Å². The van der Waals surface area contributed by atoms with E-state index >= 15 is 0 Å². The lowest BCUT2D eigenvalue weighted by Gasteiger charge is -2.05. The minimum atomic E-state index is 0.403. The normalized spacial score (nSPS) is 9.73. The van der Waals surface area contributed by atoms with Crippen molar-refractivity contribution in [3.05, 3.63) is 29.3 Å². The fourth-order valence-corrected chi connectivity index (χ4v) is 1.50. The van der Waals surface area contributed by atoms with Crippen molar-refractivity contribution < 1.29 is 4.79 Å². The fraction of sp³-hybridized carbons (Fsp3) is 0.417. The summed E-state index contributed by atoms with van der Waals surface area (Å²) in [5.41, 5.74) is 8.38. The van der Waals surface area contributed by atoms with Gasteiger partial charge in [-0.05, 0) is 30.0 Å². The molecular weight excluding hydrogens is 188 g/mol. The number of nitrogens with zero attached hydrogens (tertiary/aromatic N) is 1. The molecule has 0 atom stereocenters. The monoisotopic (exact) mass is 204 g/mol. The molecule has 0 saturated carbocycles. The summed E-state index contributed by atoms with van der Waals surface area (Å²) in [7, 11) is 0. The Labute approximate surface area is 90.0 Å². The second kappa shape index (κ2) is 6.12. The Hall–Kier alpha value is -1.44. The second-order valence-corrected chi connectivity index (χ2v) is 3.47. The summed E-state index contributed by atoms with van der Waals surface area (Å²) >= 11 is 0. The van der Waals surface area contributed by atoms with Crippen LogP contribution >= 0.6 is 0 Å². The average molecular weight is 204 g/mol. The molecule has 0 aliphatic heterocycles. The molecule has 0 fully saturated rings. The summed E-state index contributed by atoms with van der Waals surface area (Å²) in [4.78, 5) is 13.8. The molecule has 1 aromatic carbocycles. The molecule has 1 rings (SSSR count). The van der Waals surface area contributed by atoms with Gasteiger partial charge in [0.1, 0.15) is 0 Å². The largest absolute Gasteiger partial charge is 0.326 e. The van der Waals surface area contributed by atoms with Gasteiger partial charge in [-0.1, -0.05) is 25.5 Å². The number of aryl methyl sites for hydroxylation is 1. The smallest absolute Gasteiger partial charge is 0.240 e. The van der Waals surface area contributed by atoms with Gasteiger partial charge in [-0.15, -0.1) is 0 Å². The van der Waals surface area contributed by atoms with E-state index in [4.69, 9.17) is 5.73 Å². The van der Waals surface area contributed by atoms with E-state index in [1.807, 2.05) is 18.2 Å². The molecule has 2 N–H and O–H groups in total. The Kier molecular flexibility index (Phi) is 4.75. The SMILES string of the molecule is CCCCc1ccc(N=C=O)c(CN)c1. The van der Waals surface area contributed by atoms with Gasteiger partial charge in [0.2, 0.25) is 6.08 Å². The first-order chi connectivity index (χ1) is 7.31. The van der Waals surface area contributed by atoms with Crippen LogP contribution in [0.15, 0.2) is 23.2 Å². The van der Waals surface area contributed by atoms with Gasteiger partial charge in [0.25, 0.3) is 0 Å². The molecule has 3 nitrogen and oxygen atoms in total. The number of rotatable bonds is 5. The number of hydrogen-bond acceptors (Lipinski definition) is 3. The predicted molar refractivity (Wildman–Crippen MR) is 60.7 cm³/mol. The fourth-order valence-electron chi connectivity index (χ4n) is 1.50. The van der Waals surface area contributed by atoms with Gasteiger partial charge < -0.3 is 5.73 Å². The molecule has 0 unspecified atom stereocenters. The van der Waals surface area contributed by atoms with Crippen LogP contribution in [0.2, 0.25) is 0 Å². The van der Waals surface area contributed by atoms with Crippen LogP contribution in [0.3, 0.4) is 0 Å². The number of aliphatic imine (C=N–C) groups is 1. The highest BCUT2D eigenvalue weighted by molar-refractivity contribution is 5.54. The Morgan fingerprint density at radius 3 is 2.87 bits per heavy atom. The molecule has 0 spiro atoms. The van der Waals surface area contributed by atoms with Crippen LogP contribution in [0.4, 0.5) is 5.69 Å². The third-order valence-corrected chi connectivity index (χ3v) is 2.35. The zero-order chi connectivity index (χ0) is 11.1. The standard InChI is InChI=1S/C12H16N2O/c1-2-3-4-10-5-6-12(14-9-15)11(7-10)8-13/h5-7H,2-4,8,13H2,1H3. The lowest BCUT2D eigenvalue weighted by Crippen LogP contribution is -1.98. The highest BCUT2D eigenvalue weighted by atomic mass is 16.1. The molecule has 0 aromatic heterocycles. The average Bonchev–Trinajstić information content (AvgIpc) is 2.28. The van der Waals surface area contributed by atoms with Crippen molar-refractivity contribution in [2.75, 3.05) is 0 Å². The first-order valence-electron chi connectivity index (χ1n) is 5.21. The van der Waals surface area contributed by atoms with Crippen molar-refractivity contribution in [1.82, 2.24) is 0 Å². The molecule has 15 heavy (non-hydrogen) atoms. The first-order valence-corrected chi connectivity index (χ1v) is 5.21. The zero-order valence-corrected chi connectivity index (χ0v) is 8.99. The van der Waals surface area contributed by atoms with E-state index in [-0.39, 0.29) is 0 Å². The maximum Gasteiger partial charge on any atom is 0.240 e. The summed E-state index contributed by atoms with van der Waals surface area (Å²) in [6, 6.07) is 5.84. The van der Waals surface area contributed by atoms with Crippen LogP contribution < -0.4 is 5.73 Å². The number of carbonyl (C=O) groups excluding carboxylic acids is 1. The number of isocyanates is 1. The van der Waals surface area contributed by atoms with E-state index in [9.17, 15) is 4.79 Å². The van der Waals surface area contributed by atoms with Crippen molar-refractivity contribution >= 4 is 11.8 Å². The highest BCUT2D eigenvalue weighted by Crippen LogP contribution is 2.20. The van der Waals surface area contributed by atoms with Gasteiger partial charge in [0.05, 0.1) is 5.69 Å². The van der Waals surface area contributed by atoms with Gasteiger partial charge in [0.15, 0.2) is 0 Å². The Morgan fingerprint density at radius 1 is 1.47 bits per heavy atom. The Bertz CT molecular complexity index is 368. The van der Waals surface area contributed by atoms with Crippen molar-refractivity contribution in [1.29, 1.82) is 0 Å². The number of unbranched alkanes of at least 4 members (excludes halogenated alkanes) is 1. The summed E-state index contributed by atoms with van der Waals surface area (Å²) in [6.45, 7) is 2.56. The van der Waals surface area contributed by atoms with Crippen LogP contribution in [0.25, 0.3) is 0 Å². The molecule has 0 heterocycles. The molecule has 0 radical (unpaired) electrons. The summed E-state index contributed by atoms with van der Waals surface area (Å²) in [6.07, 6.45) is 4.93. The summed E-state index contributed by atoms with van der Waals surface area (Å²) in [5, 5.41) is 0. The molecule has 0 saturated heterocycles. The van der Waals surface area contributed by atoms with E-state index in [0.717, 1.165) is 12.0 Å². The lowest BCUT2D eigenvalue weighted by molar-refractivity contribution is 0.565. The molecular formula is C12H16N2O. The minimum Gasteiger partial charge on any atom is -0.326 e. The van der Waals surface area contributed by atoms with Gasteiger partial charge in [0, 0.05) is 6.54 Å². The molecule has 0 amide bonds. The number of nitrogens with two attached hydrogens (primary N) is 1. The Balaban J connectivity index is 2.91. The maximum atomic E-state index is 10.2. The molecule has 3 heteroatoms. The van der Waals surface area contributed by atoms with Crippen LogP contribution in [-0.2, 0) is 17.8 Å². The van der Waals surface area contributed by atoms with E-state index in [2.05, 4.69) is 11.9 Å². The third kappa shape index (κ3) is 3.31. The van der Waals surface area contributed by atoms with E-state index in [1.165, 1.54) is 18.4 Å². The highest BCUT2D eigenvalue weighted by Gasteiger charge is 2.01. The zero-order valence-electron chi connectivity index (χ0n) is 8.99. The molecule has 1 aromatic rings. The van der Waals surface area contributed by atoms with Gasteiger partial charge in [-0.2, -0.15) is 4.99 Å². The second-order valence-electron chi connectivity index (χ2n) is 3.47. The molecule has 0 aliphatic rings.